The predicted octanol–water partition coefficient (Wildman–Crippen LogP) is 3.41. The summed E-state index contributed by atoms with van der Waals surface area (Å²) in [5, 5.41) is 10.6. The van der Waals surface area contributed by atoms with Crippen LogP contribution in [0.5, 0.6) is 0 Å². The van der Waals surface area contributed by atoms with Crippen molar-refractivity contribution in [3.05, 3.63) is 35.5 Å². The predicted molar refractivity (Wildman–Crippen MR) is 99.7 cm³/mol. The van der Waals surface area contributed by atoms with Gasteiger partial charge in [-0.1, -0.05) is 37.5 Å². The number of benzene rings is 1. The molecule has 1 heterocycles. The number of nitriles is 1. The third-order valence-corrected chi connectivity index (χ3v) is 6.82. The molecule has 0 bridgehead atoms. The summed E-state index contributed by atoms with van der Waals surface area (Å²) in [6.45, 7) is 2.40. The number of sulfonamides is 1. The number of nitrogens with one attached hydrogen (secondary N) is 2. The monoisotopic (exact) mass is 359 g/mol. The van der Waals surface area contributed by atoms with E-state index in [-0.39, 0.29) is 5.75 Å². The van der Waals surface area contributed by atoms with Gasteiger partial charge < -0.3 is 4.98 Å². The average Bonchev–Trinajstić information content (AvgIpc) is 3.00. The highest BCUT2D eigenvalue weighted by Gasteiger charge is 2.36. The SMILES string of the molecule is Cc1cccc2c(CCNS(=O)(=O)CC3(C#N)CCCCC3)c[nH]c12. The number of rotatable bonds is 6. The number of para-hydroxylation sites is 1. The Hall–Kier alpha value is -1.84. The Bertz CT molecular complexity index is 887. The zero-order chi connectivity index (χ0) is 17.9. The van der Waals surface area contributed by atoms with Crippen molar-refractivity contribution in [1.82, 2.24) is 9.71 Å². The first-order valence-electron chi connectivity index (χ1n) is 8.89. The van der Waals surface area contributed by atoms with Crippen LogP contribution in [0.1, 0.15) is 43.2 Å². The smallest absolute Gasteiger partial charge is 0.213 e. The van der Waals surface area contributed by atoms with E-state index in [1.54, 1.807) is 0 Å². The fourth-order valence-electron chi connectivity index (χ4n) is 3.84. The van der Waals surface area contributed by atoms with Crippen LogP contribution < -0.4 is 4.72 Å². The maximum absolute atomic E-state index is 12.4. The molecule has 3 rings (SSSR count). The lowest BCUT2D eigenvalue weighted by Crippen LogP contribution is -2.38. The van der Waals surface area contributed by atoms with Gasteiger partial charge in [0.25, 0.3) is 0 Å². The molecule has 0 unspecified atom stereocenters. The van der Waals surface area contributed by atoms with Crippen molar-refractivity contribution in [3.63, 3.8) is 0 Å². The summed E-state index contributed by atoms with van der Waals surface area (Å²) in [5.41, 5.74) is 2.68. The minimum atomic E-state index is -3.45. The molecule has 1 aliphatic rings. The van der Waals surface area contributed by atoms with Gasteiger partial charge in [0.05, 0.1) is 17.2 Å². The summed E-state index contributed by atoms with van der Waals surface area (Å²) >= 11 is 0. The van der Waals surface area contributed by atoms with Gasteiger partial charge in [-0.05, 0) is 37.3 Å². The van der Waals surface area contributed by atoms with Gasteiger partial charge in [0.1, 0.15) is 0 Å². The molecule has 0 atom stereocenters. The molecule has 2 aromatic rings. The quantitative estimate of drug-likeness (QED) is 0.829. The van der Waals surface area contributed by atoms with Crippen LogP contribution >= 0.6 is 0 Å². The molecule has 0 aliphatic heterocycles. The van der Waals surface area contributed by atoms with Gasteiger partial charge in [-0.2, -0.15) is 5.26 Å². The number of hydrogen-bond acceptors (Lipinski definition) is 3. The van der Waals surface area contributed by atoms with E-state index in [0.29, 0.717) is 25.8 Å². The molecule has 0 spiro atoms. The van der Waals surface area contributed by atoms with Gasteiger partial charge in [0.15, 0.2) is 0 Å². The van der Waals surface area contributed by atoms with E-state index >= 15 is 0 Å². The van der Waals surface area contributed by atoms with Crippen LogP contribution in [-0.2, 0) is 16.4 Å². The van der Waals surface area contributed by atoms with Gasteiger partial charge in [0.2, 0.25) is 10.0 Å². The van der Waals surface area contributed by atoms with Crippen LogP contribution in [0.2, 0.25) is 0 Å². The molecule has 0 saturated heterocycles. The minimum Gasteiger partial charge on any atom is -0.361 e. The van der Waals surface area contributed by atoms with E-state index in [4.69, 9.17) is 0 Å². The van der Waals surface area contributed by atoms with Crippen LogP contribution in [0.15, 0.2) is 24.4 Å². The molecular formula is C19H25N3O2S. The Balaban J connectivity index is 1.62. The normalized spacial score (nSPS) is 17.4. The summed E-state index contributed by atoms with van der Waals surface area (Å²) in [4.78, 5) is 3.26. The maximum Gasteiger partial charge on any atom is 0.213 e. The van der Waals surface area contributed by atoms with Crippen LogP contribution in [0.3, 0.4) is 0 Å². The number of aromatic nitrogens is 1. The van der Waals surface area contributed by atoms with Crippen LogP contribution in [-0.4, -0.2) is 25.7 Å². The van der Waals surface area contributed by atoms with Crippen molar-refractivity contribution in [3.8, 4) is 6.07 Å². The molecule has 25 heavy (non-hydrogen) atoms. The molecule has 1 saturated carbocycles. The number of H-pyrrole nitrogens is 1. The lowest BCUT2D eigenvalue weighted by molar-refractivity contribution is 0.297. The molecule has 6 heteroatoms. The Morgan fingerprint density at radius 1 is 1.28 bits per heavy atom. The summed E-state index contributed by atoms with van der Waals surface area (Å²) in [6.07, 6.45) is 6.93. The van der Waals surface area contributed by atoms with Crippen LogP contribution in [0.4, 0.5) is 0 Å². The molecule has 1 aliphatic carbocycles. The first-order valence-corrected chi connectivity index (χ1v) is 10.5. The topological polar surface area (TPSA) is 85.8 Å². The van der Waals surface area contributed by atoms with Crippen molar-refractivity contribution >= 4 is 20.9 Å². The number of aromatic amines is 1. The zero-order valence-electron chi connectivity index (χ0n) is 14.6. The Morgan fingerprint density at radius 2 is 2.04 bits per heavy atom. The van der Waals surface area contributed by atoms with Crippen molar-refractivity contribution in [1.29, 1.82) is 5.26 Å². The Kier molecular flexibility index (Phi) is 5.16. The summed E-state index contributed by atoms with van der Waals surface area (Å²) in [5.74, 6) is -0.0799. The largest absolute Gasteiger partial charge is 0.361 e. The fourth-order valence-corrected chi connectivity index (χ4v) is 5.44. The molecule has 2 N–H and O–H groups in total. The van der Waals surface area contributed by atoms with Crippen molar-refractivity contribution in [2.75, 3.05) is 12.3 Å². The second-order valence-corrected chi connectivity index (χ2v) is 8.97. The number of hydrogen-bond donors (Lipinski definition) is 2. The average molecular weight is 359 g/mol. The van der Waals surface area contributed by atoms with E-state index in [9.17, 15) is 13.7 Å². The van der Waals surface area contributed by atoms with Gasteiger partial charge in [-0.3, -0.25) is 0 Å². The third-order valence-electron chi connectivity index (χ3n) is 5.24. The van der Waals surface area contributed by atoms with Gasteiger partial charge >= 0.3 is 0 Å². The molecule has 0 radical (unpaired) electrons. The summed E-state index contributed by atoms with van der Waals surface area (Å²) < 4.78 is 27.6. The molecule has 134 valence electrons. The molecule has 1 aromatic heterocycles. The molecule has 5 nitrogen and oxygen atoms in total. The highest BCUT2D eigenvalue weighted by molar-refractivity contribution is 7.89. The molecule has 1 fully saturated rings. The number of fused-ring (bicyclic) bond motifs is 1. The van der Waals surface area contributed by atoms with Gasteiger partial charge in [0, 0.05) is 23.6 Å². The molecule has 1 aromatic carbocycles. The standard InChI is InChI=1S/C19H25N3O2S/c1-15-6-5-7-17-16(12-21-18(15)17)8-11-22-25(23,24)14-19(13-20)9-3-2-4-10-19/h5-7,12,21-22H,2-4,8-11,14H2,1H3. The lowest BCUT2D eigenvalue weighted by atomic mass is 9.77. The maximum atomic E-state index is 12.4. The van der Waals surface area contributed by atoms with E-state index in [1.165, 1.54) is 5.56 Å². The summed E-state index contributed by atoms with van der Waals surface area (Å²) in [7, 11) is -3.45. The van der Waals surface area contributed by atoms with Crippen molar-refractivity contribution in [2.45, 2.75) is 45.4 Å². The van der Waals surface area contributed by atoms with E-state index < -0.39 is 15.4 Å². The first kappa shape index (κ1) is 18.0. The van der Waals surface area contributed by atoms with E-state index in [0.717, 1.165) is 35.7 Å². The summed E-state index contributed by atoms with van der Waals surface area (Å²) in [6, 6.07) is 8.40. The third kappa shape index (κ3) is 4.05. The fraction of sp³-hybridized carbons (Fsp3) is 0.526. The van der Waals surface area contributed by atoms with Crippen molar-refractivity contribution in [2.24, 2.45) is 5.41 Å². The molecular weight excluding hydrogens is 334 g/mol. The Morgan fingerprint density at radius 3 is 2.76 bits per heavy atom. The van der Waals surface area contributed by atoms with Crippen molar-refractivity contribution < 1.29 is 8.42 Å². The lowest BCUT2D eigenvalue weighted by Gasteiger charge is -2.30. The minimum absolute atomic E-state index is 0.0799. The number of aryl methyl sites for hydroxylation is 1. The van der Waals surface area contributed by atoms with Crippen LogP contribution in [0.25, 0.3) is 10.9 Å². The highest BCUT2D eigenvalue weighted by Crippen LogP contribution is 2.36. The van der Waals surface area contributed by atoms with Gasteiger partial charge in [-0.25, -0.2) is 13.1 Å². The molecule has 0 amide bonds. The van der Waals surface area contributed by atoms with Gasteiger partial charge in [-0.15, -0.1) is 0 Å². The Labute approximate surface area is 149 Å². The second kappa shape index (κ2) is 7.19. The van der Waals surface area contributed by atoms with Crippen LogP contribution in [0, 0.1) is 23.7 Å². The first-order chi connectivity index (χ1) is 11.9. The highest BCUT2D eigenvalue weighted by atomic mass is 32.2. The van der Waals surface area contributed by atoms with E-state index in [2.05, 4.69) is 34.8 Å². The van der Waals surface area contributed by atoms with E-state index in [1.807, 2.05) is 12.3 Å². The number of nitrogens with zero attached hydrogens (tertiary/aromatic N) is 1. The zero-order valence-corrected chi connectivity index (χ0v) is 15.5. The second-order valence-electron chi connectivity index (χ2n) is 7.17.